The second-order valence-electron chi connectivity index (χ2n) is 6.50. The highest BCUT2D eigenvalue weighted by molar-refractivity contribution is 5.90. The second kappa shape index (κ2) is 6.55. The first-order valence-electron chi connectivity index (χ1n) is 8.58. The fraction of sp³-hybridized carbons (Fsp3) is 0.238. The number of aromatic nitrogens is 1. The summed E-state index contributed by atoms with van der Waals surface area (Å²) in [6.07, 6.45) is 2.27. The lowest BCUT2D eigenvalue weighted by atomic mass is 10.0. The maximum absolute atomic E-state index is 11.5. The number of carbonyl (C=O) groups excluding carboxylic acids is 1. The molecule has 0 spiro atoms. The Labute approximate surface area is 146 Å². The Bertz CT molecular complexity index is 908. The summed E-state index contributed by atoms with van der Waals surface area (Å²) in [6, 6.07) is 18.3. The molecular weight excluding hydrogens is 312 g/mol. The standard InChI is InChI=1S/C21H20N2O2/c1-14(17-12-21(24)23-13-17)25-20-11-16(15-6-3-2-4-7-15)10-19-18(20)8-5-9-22-19/h2-11,14,17H,12-13H2,1H3,(H,23,24)/t14-,17?/m1/s1. The van der Waals surface area contributed by atoms with Crippen LogP contribution in [0.3, 0.4) is 0 Å². The molecule has 1 unspecified atom stereocenters. The Morgan fingerprint density at radius 1 is 1.12 bits per heavy atom. The molecule has 1 aliphatic rings. The number of nitrogens with one attached hydrogen (secondary N) is 1. The predicted molar refractivity (Wildman–Crippen MR) is 98.4 cm³/mol. The van der Waals surface area contributed by atoms with Gasteiger partial charge in [0.2, 0.25) is 5.91 Å². The molecule has 1 aromatic heterocycles. The summed E-state index contributed by atoms with van der Waals surface area (Å²) < 4.78 is 6.29. The van der Waals surface area contributed by atoms with Crippen molar-refractivity contribution in [2.45, 2.75) is 19.4 Å². The van der Waals surface area contributed by atoms with E-state index >= 15 is 0 Å². The van der Waals surface area contributed by atoms with E-state index in [4.69, 9.17) is 4.74 Å². The third kappa shape index (κ3) is 3.20. The van der Waals surface area contributed by atoms with Crippen molar-refractivity contribution < 1.29 is 9.53 Å². The number of amides is 1. The van der Waals surface area contributed by atoms with Gasteiger partial charge in [0.25, 0.3) is 0 Å². The monoisotopic (exact) mass is 332 g/mol. The van der Waals surface area contributed by atoms with Crippen molar-refractivity contribution in [1.82, 2.24) is 10.3 Å². The summed E-state index contributed by atoms with van der Waals surface area (Å²) in [4.78, 5) is 16.0. The van der Waals surface area contributed by atoms with E-state index in [1.807, 2.05) is 37.3 Å². The average molecular weight is 332 g/mol. The van der Waals surface area contributed by atoms with E-state index in [0.29, 0.717) is 13.0 Å². The maximum atomic E-state index is 11.5. The lowest BCUT2D eigenvalue weighted by Gasteiger charge is -2.21. The highest BCUT2D eigenvalue weighted by Gasteiger charge is 2.28. The van der Waals surface area contributed by atoms with Crippen LogP contribution in [0.1, 0.15) is 13.3 Å². The number of ether oxygens (including phenoxy) is 1. The van der Waals surface area contributed by atoms with Crippen LogP contribution in [-0.2, 0) is 4.79 Å². The van der Waals surface area contributed by atoms with Crippen LogP contribution in [0.25, 0.3) is 22.0 Å². The van der Waals surface area contributed by atoms with Gasteiger partial charge in [0.05, 0.1) is 5.52 Å². The minimum atomic E-state index is -0.0478. The van der Waals surface area contributed by atoms with Gasteiger partial charge in [0.15, 0.2) is 0 Å². The first-order chi connectivity index (χ1) is 12.2. The summed E-state index contributed by atoms with van der Waals surface area (Å²) in [7, 11) is 0. The van der Waals surface area contributed by atoms with Gasteiger partial charge in [-0.3, -0.25) is 9.78 Å². The van der Waals surface area contributed by atoms with Crippen LogP contribution in [0.5, 0.6) is 5.75 Å². The van der Waals surface area contributed by atoms with Crippen molar-refractivity contribution in [3.05, 3.63) is 60.8 Å². The van der Waals surface area contributed by atoms with Gasteiger partial charge in [-0.05, 0) is 42.3 Å². The summed E-state index contributed by atoms with van der Waals surface area (Å²) in [5, 5.41) is 3.87. The Hall–Kier alpha value is -2.88. The number of rotatable bonds is 4. The van der Waals surface area contributed by atoms with E-state index in [9.17, 15) is 4.79 Å². The third-order valence-corrected chi connectivity index (χ3v) is 4.78. The van der Waals surface area contributed by atoms with Crippen molar-refractivity contribution in [3.63, 3.8) is 0 Å². The number of pyridine rings is 1. The Morgan fingerprint density at radius 3 is 2.72 bits per heavy atom. The van der Waals surface area contributed by atoms with Gasteiger partial charge in [0.1, 0.15) is 11.9 Å². The van der Waals surface area contributed by atoms with Crippen LogP contribution in [0.2, 0.25) is 0 Å². The van der Waals surface area contributed by atoms with Crippen LogP contribution in [0.4, 0.5) is 0 Å². The number of hydrogen-bond acceptors (Lipinski definition) is 3. The Morgan fingerprint density at radius 2 is 1.96 bits per heavy atom. The van der Waals surface area contributed by atoms with Gasteiger partial charge < -0.3 is 10.1 Å². The van der Waals surface area contributed by atoms with Gasteiger partial charge in [-0.25, -0.2) is 0 Å². The van der Waals surface area contributed by atoms with E-state index in [-0.39, 0.29) is 17.9 Å². The number of nitrogens with zero attached hydrogens (tertiary/aromatic N) is 1. The fourth-order valence-electron chi connectivity index (χ4n) is 3.30. The maximum Gasteiger partial charge on any atom is 0.220 e. The highest BCUT2D eigenvalue weighted by atomic mass is 16.5. The van der Waals surface area contributed by atoms with Crippen LogP contribution >= 0.6 is 0 Å². The van der Waals surface area contributed by atoms with Crippen LogP contribution < -0.4 is 10.1 Å². The van der Waals surface area contributed by atoms with Crippen molar-refractivity contribution >= 4 is 16.8 Å². The van der Waals surface area contributed by atoms with E-state index < -0.39 is 0 Å². The molecule has 2 atom stereocenters. The summed E-state index contributed by atoms with van der Waals surface area (Å²) in [5.74, 6) is 1.11. The van der Waals surface area contributed by atoms with Gasteiger partial charge in [-0.15, -0.1) is 0 Å². The predicted octanol–water partition coefficient (Wildman–Crippen LogP) is 3.81. The number of carbonyl (C=O) groups is 1. The molecule has 1 amide bonds. The molecule has 2 aromatic carbocycles. The molecule has 0 saturated carbocycles. The molecule has 4 heteroatoms. The zero-order chi connectivity index (χ0) is 17.2. The Balaban J connectivity index is 1.72. The topological polar surface area (TPSA) is 51.2 Å². The first kappa shape index (κ1) is 15.6. The molecule has 1 aliphatic heterocycles. The molecule has 0 bridgehead atoms. The normalized spacial score (nSPS) is 18.1. The van der Waals surface area contributed by atoms with Crippen LogP contribution in [0, 0.1) is 5.92 Å². The largest absolute Gasteiger partial charge is 0.490 e. The Kier molecular flexibility index (Phi) is 4.10. The van der Waals surface area contributed by atoms with Crippen molar-refractivity contribution in [1.29, 1.82) is 0 Å². The van der Waals surface area contributed by atoms with Gasteiger partial charge >= 0.3 is 0 Å². The smallest absolute Gasteiger partial charge is 0.220 e. The van der Waals surface area contributed by atoms with Crippen LogP contribution in [0.15, 0.2) is 60.8 Å². The molecule has 1 N–H and O–H groups in total. The zero-order valence-electron chi connectivity index (χ0n) is 14.1. The van der Waals surface area contributed by atoms with E-state index in [1.165, 1.54) is 0 Å². The number of benzene rings is 2. The zero-order valence-corrected chi connectivity index (χ0v) is 14.1. The van der Waals surface area contributed by atoms with Crippen molar-refractivity contribution in [3.8, 4) is 16.9 Å². The van der Waals surface area contributed by atoms with Gasteiger partial charge in [-0.2, -0.15) is 0 Å². The fourth-order valence-corrected chi connectivity index (χ4v) is 3.30. The molecule has 25 heavy (non-hydrogen) atoms. The summed E-state index contributed by atoms with van der Waals surface area (Å²) >= 11 is 0. The van der Waals surface area contributed by atoms with E-state index in [0.717, 1.165) is 27.8 Å². The highest BCUT2D eigenvalue weighted by Crippen LogP contribution is 2.33. The molecule has 4 rings (SSSR count). The minimum absolute atomic E-state index is 0.0478. The molecule has 0 aliphatic carbocycles. The van der Waals surface area contributed by atoms with E-state index in [2.05, 4.69) is 34.6 Å². The summed E-state index contributed by atoms with van der Waals surface area (Å²) in [6.45, 7) is 2.71. The lowest BCUT2D eigenvalue weighted by Crippen LogP contribution is -2.25. The molecule has 1 fully saturated rings. The molecule has 0 radical (unpaired) electrons. The summed E-state index contributed by atoms with van der Waals surface area (Å²) in [5.41, 5.74) is 3.12. The molecule has 1 saturated heterocycles. The third-order valence-electron chi connectivity index (χ3n) is 4.78. The molecule has 2 heterocycles. The molecule has 126 valence electrons. The first-order valence-corrected chi connectivity index (χ1v) is 8.58. The lowest BCUT2D eigenvalue weighted by molar-refractivity contribution is -0.119. The van der Waals surface area contributed by atoms with Gasteiger partial charge in [-0.1, -0.05) is 30.3 Å². The average Bonchev–Trinajstić information content (AvgIpc) is 3.09. The minimum Gasteiger partial charge on any atom is -0.490 e. The molecular formula is C21H20N2O2. The SMILES string of the molecule is C[C@@H](Oc1cc(-c2ccccc2)cc2ncccc12)C1CNC(=O)C1. The number of hydrogen-bond donors (Lipinski definition) is 1. The van der Waals surface area contributed by atoms with E-state index in [1.54, 1.807) is 6.20 Å². The quantitative estimate of drug-likeness (QED) is 0.790. The molecule has 3 aromatic rings. The van der Waals surface area contributed by atoms with Gasteiger partial charge in [0, 0.05) is 30.5 Å². The second-order valence-corrected chi connectivity index (χ2v) is 6.50. The van der Waals surface area contributed by atoms with Crippen molar-refractivity contribution in [2.24, 2.45) is 5.92 Å². The molecule has 4 nitrogen and oxygen atoms in total. The van der Waals surface area contributed by atoms with Crippen molar-refractivity contribution in [2.75, 3.05) is 6.54 Å². The number of fused-ring (bicyclic) bond motifs is 1. The van der Waals surface area contributed by atoms with Crippen LogP contribution in [-0.4, -0.2) is 23.5 Å².